The van der Waals surface area contributed by atoms with Gasteiger partial charge in [0, 0.05) is 5.56 Å². The summed E-state index contributed by atoms with van der Waals surface area (Å²) in [4.78, 5) is 15.7. The summed E-state index contributed by atoms with van der Waals surface area (Å²) >= 11 is 16.3. The van der Waals surface area contributed by atoms with Gasteiger partial charge in [-0.1, -0.05) is 29.3 Å². The number of pyridine rings is 1. The van der Waals surface area contributed by atoms with Crippen LogP contribution < -0.4 is 10.6 Å². The standard InChI is InChI=1S/C14H9Cl2F2N3OS/c1-6-2-3-8(12(18)11(6)17)19-14(23)21-13(22)7-4-9(15)20-10(16)5-7/h2-5H,1H3,(H2,19,21,22,23). The number of benzene rings is 1. The van der Waals surface area contributed by atoms with Crippen LogP contribution in [-0.4, -0.2) is 16.0 Å². The lowest BCUT2D eigenvalue weighted by molar-refractivity contribution is 0.0977. The van der Waals surface area contributed by atoms with E-state index in [1.54, 1.807) is 0 Å². The number of amides is 1. The van der Waals surface area contributed by atoms with Crippen molar-refractivity contribution in [1.82, 2.24) is 10.3 Å². The van der Waals surface area contributed by atoms with Gasteiger partial charge >= 0.3 is 0 Å². The summed E-state index contributed by atoms with van der Waals surface area (Å²) in [5.74, 6) is -2.70. The van der Waals surface area contributed by atoms with Crippen molar-refractivity contribution in [2.45, 2.75) is 6.92 Å². The minimum Gasteiger partial charge on any atom is -0.330 e. The summed E-state index contributed by atoms with van der Waals surface area (Å²) in [5, 5.41) is 4.58. The molecule has 120 valence electrons. The smallest absolute Gasteiger partial charge is 0.257 e. The van der Waals surface area contributed by atoms with E-state index < -0.39 is 17.5 Å². The average molecular weight is 376 g/mol. The van der Waals surface area contributed by atoms with Crippen molar-refractivity contribution >= 4 is 52.1 Å². The number of rotatable bonds is 2. The van der Waals surface area contributed by atoms with Crippen molar-refractivity contribution in [3.63, 3.8) is 0 Å². The lowest BCUT2D eigenvalue weighted by atomic mass is 10.2. The zero-order valence-electron chi connectivity index (χ0n) is 11.6. The molecular weight excluding hydrogens is 367 g/mol. The molecule has 1 heterocycles. The first-order chi connectivity index (χ1) is 10.8. The van der Waals surface area contributed by atoms with E-state index in [9.17, 15) is 13.6 Å². The molecule has 1 aromatic heterocycles. The summed E-state index contributed by atoms with van der Waals surface area (Å²) in [5.41, 5.74) is 0.0861. The minimum atomic E-state index is -1.09. The van der Waals surface area contributed by atoms with E-state index in [-0.39, 0.29) is 32.2 Å². The summed E-state index contributed by atoms with van der Waals surface area (Å²) < 4.78 is 27.2. The molecule has 2 rings (SSSR count). The average Bonchev–Trinajstić information content (AvgIpc) is 2.47. The molecule has 0 aliphatic carbocycles. The number of carbonyl (C=O) groups excluding carboxylic acids is 1. The van der Waals surface area contributed by atoms with Gasteiger partial charge in [0.15, 0.2) is 16.7 Å². The zero-order chi connectivity index (χ0) is 17.1. The number of nitrogens with one attached hydrogen (secondary N) is 2. The van der Waals surface area contributed by atoms with Gasteiger partial charge in [-0.15, -0.1) is 0 Å². The molecule has 0 atom stereocenters. The number of anilines is 1. The van der Waals surface area contributed by atoms with Gasteiger partial charge in [-0.25, -0.2) is 13.8 Å². The Bertz CT molecular complexity index is 782. The highest BCUT2D eigenvalue weighted by molar-refractivity contribution is 7.80. The first-order valence-corrected chi connectivity index (χ1v) is 7.34. The second kappa shape index (κ2) is 7.16. The van der Waals surface area contributed by atoms with E-state index in [1.807, 2.05) is 0 Å². The largest absolute Gasteiger partial charge is 0.330 e. The van der Waals surface area contributed by atoms with Crippen molar-refractivity contribution in [3.05, 3.63) is 57.3 Å². The van der Waals surface area contributed by atoms with Crippen LogP contribution in [0.15, 0.2) is 24.3 Å². The molecule has 0 aliphatic rings. The van der Waals surface area contributed by atoms with Crippen LogP contribution in [0.4, 0.5) is 14.5 Å². The van der Waals surface area contributed by atoms with Crippen molar-refractivity contribution in [3.8, 4) is 0 Å². The molecule has 2 aromatic rings. The highest BCUT2D eigenvalue weighted by Crippen LogP contribution is 2.20. The first kappa shape index (κ1) is 17.5. The number of carbonyl (C=O) groups is 1. The van der Waals surface area contributed by atoms with Crippen LogP contribution in [0.3, 0.4) is 0 Å². The van der Waals surface area contributed by atoms with Crippen LogP contribution in [-0.2, 0) is 0 Å². The van der Waals surface area contributed by atoms with Crippen LogP contribution in [0, 0.1) is 18.6 Å². The molecular formula is C14H9Cl2F2N3OS. The third-order valence-electron chi connectivity index (χ3n) is 2.78. The number of hydrogen-bond donors (Lipinski definition) is 2. The fourth-order valence-corrected chi connectivity index (χ4v) is 2.33. The van der Waals surface area contributed by atoms with Crippen molar-refractivity contribution in [2.75, 3.05) is 5.32 Å². The summed E-state index contributed by atoms with van der Waals surface area (Å²) in [7, 11) is 0. The molecule has 0 saturated carbocycles. The van der Waals surface area contributed by atoms with E-state index in [0.717, 1.165) is 0 Å². The zero-order valence-corrected chi connectivity index (χ0v) is 13.9. The number of hydrogen-bond acceptors (Lipinski definition) is 3. The van der Waals surface area contributed by atoms with E-state index in [4.69, 9.17) is 35.4 Å². The Balaban J connectivity index is 2.10. The van der Waals surface area contributed by atoms with E-state index >= 15 is 0 Å². The van der Waals surface area contributed by atoms with Crippen LogP contribution in [0.2, 0.25) is 10.3 Å². The molecule has 0 radical (unpaired) electrons. The monoisotopic (exact) mass is 375 g/mol. The third kappa shape index (κ3) is 4.34. The Kier molecular flexibility index (Phi) is 5.46. The number of aryl methyl sites for hydroxylation is 1. The molecule has 0 fully saturated rings. The molecule has 23 heavy (non-hydrogen) atoms. The van der Waals surface area contributed by atoms with Gasteiger partial charge in [0.25, 0.3) is 5.91 Å². The number of aromatic nitrogens is 1. The van der Waals surface area contributed by atoms with E-state index in [0.29, 0.717) is 0 Å². The van der Waals surface area contributed by atoms with Crippen molar-refractivity contribution in [2.24, 2.45) is 0 Å². The topological polar surface area (TPSA) is 54.0 Å². The Labute approximate surface area is 145 Å². The quantitative estimate of drug-likeness (QED) is 0.612. The normalized spacial score (nSPS) is 10.3. The fraction of sp³-hybridized carbons (Fsp3) is 0.0714. The maximum atomic E-state index is 13.7. The highest BCUT2D eigenvalue weighted by Gasteiger charge is 2.14. The van der Waals surface area contributed by atoms with Gasteiger partial charge in [-0.2, -0.15) is 0 Å². The minimum absolute atomic E-state index is 0.0353. The Morgan fingerprint density at radius 1 is 1.17 bits per heavy atom. The van der Waals surface area contributed by atoms with Crippen LogP contribution in [0.25, 0.3) is 0 Å². The first-order valence-electron chi connectivity index (χ1n) is 6.18. The molecule has 1 aromatic carbocycles. The van der Waals surface area contributed by atoms with Gasteiger partial charge in [-0.05, 0) is 42.9 Å². The number of thiocarbonyl (C=S) groups is 1. The maximum Gasteiger partial charge on any atom is 0.257 e. The van der Waals surface area contributed by atoms with Crippen LogP contribution in [0.5, 0.6) is 0 Å². The van der Waals surface area contributed by atoms with E-state index in [1.165, 1.54) is 31.2 Å². The molecule has 9 heteroatoms. The predicted molar refractivity (Wildman–Crippen MR) is 89.0 cm³/mol. The predicted octanol–water partition coefficient (Wildman–Crippen LogP) is 4.10. The maximum absolute atomic E-state index is 13.7. The lowest BCUT2D eigenvalue weighted by Crippen LogP contribution is -2.34. The second-order valence-electron chi connectivity index (χ2n) is 4.47. The molecule has 4 nitrogen and oxygen atoms in total. The molecule has 0 saturated heterocycles. The van der Waals surface area contributed by atoms with Gasteiger partial charge in [0.2, 0.25) is 0 Å². The van der Waals surface area contributed by atoms with Crippen molar-refractivity contribution in [1.29, 1.82) is 0 Å². The summed E-state index contributed by atoms with van der Waals surface area (Å²) in [6.45, 7) is 1.43. The molecule has 0 spiro atoms. The Morgan fingerprint density at radius 3 is 2.39 bits per heavy atom. The van der Waals surface area contributed by atoms with Crippen LogP contribution >= 0.6 is 35.4 Å². The van der Waals surface area contributed by atoms with Gasteiger partial charge in [0.05, 0.1) is 5.69 Å². The second-order valence-corrected chi connectivity index (χ2v) is 5.65. The van der Waals surface area contributed by atoms with Gasteiger partial charge in [0.1, 0.15) is 10.3 Å². The van der Waals surface area contributed by atoms with Crippen LogP contribution in [0.1, 0.15) is 15.9 Å². The Morgan fingerprint density at radius 2 is 1.78 bits per heavy atom. The van der Waals surface area contributed by atoms with E-state index in [2.05, 4.69) is 15.6 Å². The van der Waals surface area contributed by atoms with Crippen molar-refractivity contribution < 1.29 is 13.6 Å². The summed E-state index contributed by atoms with van der Waals surface area (Å²) in [6, 6.07) is 5.27. The molecule has 0 bridgehead atoms. The highest BCUT2D eigenvalue weighted by atomic mass is 35.5. The SMILES string of the molecule is Cc1ccc(NC(=S)NC(=O)c2cc(Cl)nc(Cl)c2)c(F)c1F. The Hall–Kier alpha value is -1.83. The molecule has 1 amide bonds. The number of nitrogens with zero attached hydrogens (tertiary/aromatic N) is 1. The number of halogens is 4. The molecule has 0 unspecified atom stereocenters. The lowest BCUT2D eigenvalue weighted by Gasteiger charge is -2.11. The summed E-state index contributed by atoms with van der Waals surface area (Å²) in [6.07, 6.45) is 0. The fourth-order valence-electron chi connectivity index (χ4n) is 1.67. The molecule has 2 N–H and O–H groups in total. The van der Waals surface area contributed by atoms with Gasteiger partial charge in [-0.3, -0.25) is 10.1 Å². The molecule has 0 aliphatic heterocycles. The third-order valence-corrected chi connectivity index (χ3v) is 3.37. The van der Waals surface area contributed by atoms with Gasteiger partial charge < -0.3 is 5.32 Å².